The number of nitrogens with two attached hydrogens (primary N) is 1. The zero-order chi connectivity index (χ0) is 12.3. The number of hydrogen-bond acceptors (Lipinski definition) is 5. The monoisotopic (exact) mass is 237 g/mol. The van der Waals surface area contributed by atoms with Gasteiger partial charge in [-0.1, -0.05) is 6.92 Å². The van der Waals surface area contributed by atoms with Gasteiger partial charge in [0.15, 0.2) is 0 Å². The van der Waals surface area contributed by atoms with Gasteiger partial charge < -0.3 is 15.2 Å². The summed E-state index contributed by atoms with van der Waals surface area (Å²) in [6.07, 6.45) is 4.82. The van der Waals surface area contributed by atoms with Gasteiger partial charge in [0.25, 0.3) is 0 Å². The van der Waals surface area contributed by atoms with Crippen LogP contribution in [0.5, 0.6) is 11.8 Å². The van der Waals surface area contributed by atoms with Crippen molar-refractivity contribution in [3.8, 4) is 11.8 Å². The lowest BCUT2D eigenvalue weighted by Gasteiger charge is -2.26. The van der Waals surface area contributed by atoms with Crippen LogP contribution >= 0.6 is 0 Å². The Morgan fingerprint density at radius 3 is 2.47 bits per heavy atom. The van der Waals surface area contributed by atoms with Crippen LogP contribution in [0.3, 0.4) is 0 Å². The quantitative estimate of drug-likeness (QED) is 0.871. The Bertz CT molecular complexity index is 376. The highest BCUT2D eigenvalue weighted by atomic mass is 16.5. The van der Waals surface area contributed by atoms with Crippen LogP contribution in [0.4, 0.5) is 5.95 Å². The van der Waals surface area contributed by atoms with Crippen LogP contribution in [0.2, 0.25) is 0 Å². The molecule has 0 amide bonds. The molecule has 1 aromatic rings. The second-order valence-corrected chi connectivity index (χ2v) is 4.61. The second kappa shape index (κ2) is 5.21. The van der Waals surface area contributed by atoms with Crippen molar-refractivity contribution in [2.75, 3.05) is 12.8 Å². The maximum absolute atomic E-state index is 5.82. The fraction of sp³-hybridized carbons (Fsp3) is 0.667. The molecular formula is C12H19N3O2. The van der Waals surface area contributed by atoms with E-state index in [1.54, 1.807) is 13.2 Å². The van der Waals surface area contributed by atoms with Gasteiger partial charge in [0.1, 0.15) is 6.10 Å². The molecule has 0 atom stereocenters. The molecule has 0 radical (unpaired) electrons. The summed E-state index contributed by atoms with van der Waals surface area (Å²) in [5, 5.41) is 0. The molecule has 2 N–H and O–H groups in total. The molecule has 0 saturated heterocycles. The summed E-state index contributed by atoms with van der Waals surface area (Å²) in [5.41, 5.74) is 5.58. The highest BCUT2D eigenvalue weighted by Gasteiger charge is 2.20. The number of rotatable bonds is 3. The van der Waals surface area contributed by atoms with Gasteiger partial charge in [0, 0.05) is 0 Å². The molecule has 0 bridgehead atoms. The van der Waals surface area contributed by atoms with Crippen LogP contribution in [0, 0.1) is 5.92 Å². The van der Waals surface area contributed by atoms with Crippen molar-refractivity contribution in [3.05, 3.63) is 6.07 Å². The van der Waals surface area contributed by atoms with Crippen LogP contribution in [-0.4, -0.2) is 23.2 Å². The Morgan fingerprint density at radius 1 is 1.18 bits per heavy atom. The van der Waals surface area contributed by atoms with Crippen molar-refractivity contribution in [2.45, 2.75) is 38.7 Å². The van der Waals surface area contributed by atoms with E-state index in [1.807, 2.05) is 0 Å². The van der Waals surface area contributed by atoms with Crippen LogP contribution in [0.25, 0.3) is 0 Å². The molecule has 5 nitrogen and oxygen atoms in total. The molecule has 94 valence electrons. The number of hydrogen-bond donors (Lipinski definition) is 1. The van der Waals surface area contributed by atoms with E-state index in [9.17, 15) is 0 Å². The number of aromatic nitrogens is 2. The van der Waals surface area contributed by atoms with Gasteiger partial charge in [-0.3, -0.25) is 0 Å². The van der Waals surface area contributed by atoms with E-state index in [4.69, 9.17) is 15.2 Å². The summed E-state index contributed by atoms with van der Waals surface area (Å²) >= 11 is 0. The number of methoxy groups -OCH3 is 1. The van der Waals surface area contributed by atoms with Gasteiger partial charge in [-0.15, -0.1) is 0 Å². The molecule has 0 unspecified atom stereocenters. The fourth-order valence-electron chi connectivity index (χ4n) is 2.10. The predicted molar refractivity (Wildman–Crippen MR) is 65.0 cm³/mol. The van der Waals surface area contributed by atoms with E-state index in [0.717, 1.165) is 18.8 Å². The van der Waals surface area contributed by atoms with E-state index in [0.29, 0.717) is 11.8 Å². The lowest BCUT2D eigenvalue weighted by atomic mass is 9.89. The Morgan fingerprint density at radius 2 is 1.82 bits per heavy atom. The third-order valence-electron chi connectivity index (χ3n) is 3.16. The van der Waals surface area contributed by atoms with Crippen molar-refractivity contribution in [3.63, 3.8) is 0 Å². The molecule has 1 aliphatic rings. The molecular weight excluding hydrogens is 218 g/mol. The van der Waals surface area contributed by atoms with Crippen molar-refractivity contribution < 1.29 is 9.47 Å². The summed E-state index contributed by atoms with van der Waals surface area (Å²) in [7, 11) is 1.55. The van der Waals surface area contributed by atoms with Crippen molar-refractivity contribution >= 4 is 5.95 Å². The van der Waals surface area contributed by atoms with E-state index >= 15 is 0 Å². The van der Waals surface area contributed by atoms with Gasteiger partial charge in [-0.25, -0.2) is 0 Å². The second-order valence-electron chi connectivity index (χ2n) is 4.61. The maximum Gasteiger partial charge on any atom is 0.226 e. The summed E-state index contributed by atoms with van der Waals surface area (Å²) in [5.74, 6) is 1.94. The van der Waals surface area contributed by atoms with E-state index in [-0.39, 0.29) is 12.1 Å². The predicted octanol–water partition coefficient (Wildman–Crippen LogP) is 2.02. The third kappa shape index (κ3) is 3.22. The molecule has 1 aromatic heterocycles. The Labute approximate surface area is 101 Å². The van der Waals surface area contributed by atoms with Gasteiger partial charge in [0.05, 0.1) is 13.2 Å². The number of anilines is 1. The van der Waals surface area contributed by atoms with E-state index in [2.05, 4.69) is 16.9 Å². The minimum atomic E-state index is 0.184. The topological polar surface area (TPSA) is 70.3 Å². The van der Waals surface area contributed by atoms with Crippen LogP contribution < -0.4 is 15.2 Å². The van der Waals surface area contributed by atoms with Crippen LogP contribution in [0.15, 0.2) is 6.07 Å². The lowest BCUT2D eigenvalue weighted by molar-refractivity contribution is 0.129. The minimum Gasteiger partial charge on any atom is -0.481 e. The summed E-state index contributed by atoms with van der Waals surface area (Å²) in [6, 6.07) is 1.67. The summed E-state index contributed by atoms with van der Waals surface area (Å²) in [4.78, 5) is 7.98. The zero-order valence-corrected chi connectivity index (χ0v) is 10.3. The van der Waals surface area contributed by atoms with E-state index in [1.165, 1.54) is 12.8 Å². The highest BCUT2D eigenvalue weighted by Crippen LogP contribution is 2.27. The highest BCUT2D eigenvalue weighted by molar-refractivity contribution is 5.29. The average molecular weight is 237 g/mol. The molecule has 1 heterocycles. The standard InChI is InChI=1S/C12H19N3O2/c1-8-3-5-9(6-4-8)17-11-7-10(16-2)14-12(13)15-11/h7-9H,3-6H2,1-2H3,(H2,13,14,15). The van der Waals surface area contributed by atoms with Crippen LogP contribution in [-0.2, 0) is 0 Å². The Kier molecular flexibility index (Phi) is 3.66. The normalized spacial score (nSPS) is 24.4. The molecule has 0 aromatic carbocycles. The SMILES string of the molecule is COc1cc(OC2CCC(C)CC2)nc(N)n1. The van der Waals surface area contributed by atoms with E-state index < -0.39 is 0 Å². The first-order valence-electron chi connectivity index (χ1n) is 6.02. The first-order valence-corrected chi connectivity index (χ1v) is 6.02. The van der Waals surface area contributed by atoms with Crippen LogP contribution in [0.1, 0.15) is 32.6 Å². The average Bonchev–Trinajstić information content (AvgIpc) is 2.31. The first-order chi connectivity index (χ1) is 8.17. The molecule has 1 fully saturated rings. The van der Waals surface area contributed by atoms with Gasteiger partial charge in [0.2, 0.25) is 17.7 Å². The molecule has 0 aliphatic heterocycles. The summed E-state index contributed by atoms with van der Waals surface area (Å²) < 4.78 is 10.8. The molecule has 1 saturated carbocycles. The largest absolute Gasteiger partial charge is 0.481 e. The van der Waals surface area contributed by atoms with Gasteiger partial charge in [-0.05, 0) is 31.6 Å². The molecule has 2 rings (SSSR count). The third-order valence-corrected chi connectivity index (χ3v) is 3.16. The molecule has 0 spiro atoms. The first kappa shape index (κ1) is 12.0. The van der Waals surface area contributed by atoms with Crippen molar-refractivity contribution in [1.29, 1.82) is 0 Å². The smallest absolute Gasteiger partial charge is 0.226 e. The number of ether oxygens (including phenoxy) is 2. The van der Waals surface area contributed by atoms with Crippen molar-refractivity contribution in [1.82, 2.24) is 9.97 Å². The number of nitrogen functional groups attached to an aromatic ring is 1. The maximum atomic E-state index is 5.82. The summed E-state index contributed by atoms with van der Waals surface area (Å²) in [6.45, 7) is 2.28. The molecule has 1 aliphatic carbocycles. The number of nitrogens with zero attached hydrogens (tertiary/aromatic N) is 2. The molecule has 5 heteroatoms. The van der Waals surface area contributed by atoms with Gasteiger partial charge >= 0.3 is 0 Å². The minimum absolute atomic E-state index is 0.184. The Hall–Kier alpha value is -1.52. The zero-order valence-electron chi connectivity index (χ0n) is 10.3. The molecule has 17 heavy (non-hydrogen) atoms. The fourth-order valence-corrected chi connectivity index (χ4v) is 2.10. The van der Waals surface area contributed by atoms with Gasteiger partial charge in [-0.2, -0.15) is 9.97 Å². The van der Waals surface area contributed by atoms with Crippen molar-refractivity contribution in [2.24, 2.45) is 5.92 Å². The Balaban J connectivity index is 2.00. The lowest BCUT2D eigenvalue weighted by Crippen LogP contribution is -2.23.